The molecule has 0 aliphatic heterocycles. The molecule has 3 heteroatoms. The second-order valence-electron chi connectivity index (χ2n) is 6.01. The summed E-state index contributed by atoms with van der Waals surface area (Å²) in [5.41, 5.74) is 2.47. The molecule has 2 aromatic heterocycles. The fourth-order valence-corrected chi connectivity index (χ4v) is 1.75. The predicted molar refractivity (Wildman–Crippen MR) is 91.6 cm³/mol. The number of aryl methyl sites for hydroxylation is 1. The topological polar surface area (TPSA) is 35.0 Å². The lowest BCUT2D eigenvalue weighted by molar-refractivity contribution is 0.0655. The Balaban J connectivity index is 0.000000220. The number of ether oxygens (including phenoxy) is 1. The number of hydrogen-bond acceptors (Lipinski definition) is 3. The van der Waals surface area contributed by atoms with Gasteiger partial charge in [0, 0.05) is 24.8 Å². The Morgan fingerprint density at radius 2 is 1.50 bits per heavy atom. The van der Waals surface area contributed by atoms with Crippen molar-refractivity contribution in [1.29, 1.82) is 0 Å². The Kier molecular flexibility index (Phi) is 9.08. The molecule has 22 heavy (non-hydrogen) atoms. The molecule has 0 aliphatic carbocycles. The van der Waals surface area contributed by atoms with E-state index in [4.69, 9.17) is 4.74 Å². The summed E-state index contributed by atoms with van der Waals surface area (Å²) in [6, 6.07) is 8.06. The summed E-state index contributed by atoms with van der Waals surface area (Å²) in [7, 11) is 0. The van der Waals surface area contributed by atoms with E-state index in [-0.39, 0.29) is 6.10 Å². The van der Waals surface area contributed by atoms with E-state index in [9.17, 15) is 0 Å². The molecule has 0 saturated heterocycles. The van der Waals surface area contributed by atoms with E-state index >= 15 is 0 Å². The van der Waals surface area contributed by atoms with Crippen LogP contribution in [-0.2, 0) is 17.8 Å². The second kappa shape index (κ2) is 10.9. The smallest absolute Gasteiger partial charge is 0.0735 e. The first kappa shape index (κ1) is 18.3. The SMILES string of the molecule is CC(C)CCc1cccnc1.CC(C)OCc1cccnc1. The van der Waals surface area contributed by atoms with Crippen LogP contribution in [-0.4, -0.2) is 16.1 Å². The van der Waals surface area contributed by atoms with Crippen LogP contribution in [0.5, 0.6) is 0 Å². The van der Waals surface area contributed by atoms with Gasteiger partial charge in [-0.1, -0.05) is 26.0 Å². The average molecular weight is 300 g/mol. The van der Waals surface area contributed by atoms with E-state index in [0.29, 0.717) is 6.61 Å². The lowest BCUT2D eigenvalue weighted by Gasteiger charge is -2.05. The lowest BCUT2D eigenvalue weighted by Crippen LogP contribution is -2.02. The molecule has 0 bridgehead atoms. The Hall–Kier alpha value is -1.74. The summed E-state index contributed by atoms with van der Waals surface area (Å²) in [5, 5.41) is 0. The van der Waals surface area contributed by atoms with Crippen LogP contribution in [0.25, 0.3) is 0 Å². The molecule has 0 fully saturated rings. The Labute approximate surface area is 134 Å². The van der Waals surface area contributed by atoms with Crippen LogP contribution in [0.3, 0.4) is 0 Å². The van der Waals surface area contributed by atoms with Gasteiger partial charge in [0.2, 0.25) is 0 Å². The first-order chi connectivity index (χ1) is 10.6. The van der Waals surface area contributed by atoms with Crippen LogP contribution in [0.1, 0.15) is 45.2 Å². The van der Waals surface area contributed by atoms with E-state index in [1.54, 1.807) is 6.20 Å². The average Bonchev–Trinajstić information content (AvgIpc) is 2.53. The number of nitrogens with zero attached hydrogens (tertiary/aromatic N) is 2. The van der Waals surface area contributed by atoms with Crippen molar-refractivity contribution in [2.45, 2.75) is 53.2 Å². The number of pyridine rings is 2. The van der Waals surface area contributed by atoms with Crippen LogP contribution in [0.4, 0.5) is 0 Å². The van der Waals surface area contributed by atoms with Gasteiger partial charge in [-0.2, -0.15) is 0 Å². The summed E-state index contributed by atoms with van der Waals surface area (Å²) >= 11 is 0. The molecular formula is C19H28N2O. The molecule has 3 nitrogen and oxygen atoms in total. The third-order valence-corrected chi connectivity index (χ3v) is 3.04. The molecule has 0 aromatic carbocycles. The fraction of sp³-hybridized carbons (Fsp3) is 0.474. The second-order valence-corrected chi connectivity index (χ2v) is 6.01. The maximum Gasteiger partial charge on any atom is 0.0735 e. The lowest BCUT2D eigenvalue weighted by atomic mass is 10.0. The van der Waals surface area contributed by atoms with E-state index in [0.717, 1.165) is 17.9 Å². The normalized spacial score (nSPS) is 10.5. The van der Waals surface area contributed by atoms with Crippen molar-refractivity contribution in [2.24, 2.45) is 5.92 Å². The minimum atomic E-state index is 0.287. The summed E-state index contributed by atoms with van der Waals surface area (Å²) in [6.07, 6.45) is 10.1. The predicted octanol–water partition coefficient (Wildman–Crippen LogP) is 4.68. The van der Waals surface area contributed by atoms with Crippen molar-refractivity contribution in [3.63, 3.8) is 0 Å². The van der Waals surface area contributed by atoms with E-state index in [2.05, 4.69) is 29.9 Å². The number of rotatable bonds is 6. The Morgan fingerprint density at radius 1 is 0.909 bits per heavy atom. The third kappa shape index (κ3) is 9.24. The highest BCUT2D eigenvalue weighted by molar-refractivity contribution is 5.08. The first-order valence-electron chi connectivity index (χ1n) is 7.97. The summed E-state index contributed by atoms with van der Waals surface area (Å²) in [5.74, 6) is 0.787. The van der Waals surface area contributed by atoms with Crippen molar-refractivity contribution in [3.8, 4) is 0 Å². The molecule has 0 amide bonds. The highest BCUT2D eigenvalue weighted by Crippen LogP contribution is 2.06. The molecule has 0 radical (unpaired) electrons. The highest BCUT2D eigenvalue weighted by Gasteiger charge is 1.95. The van der Waals surface area contributed by atoms with Crippen LogP contribution in [0.15, 0.2) is 49.1 Å². The van der Waals surface area contributed by atoms with Crippen molar-refractivity contribution < 1.29 is 4.74 Å². The summed E-state index contributed by atoms with van der Waals surface area (Å²) < 4.78 is 5.39. The summed E-state index contributed by atoms with van der Waals surface area (Å²) in [4.78, 5) is 8.05. The Bertz CT molecular complexity index is 436. The van der Waals surface area contributed by atoms with Crippen LogP contribution in [0.2, 0.25) is 0 Å². The molecule has 0 N–H and O–H groups in total. The maximum absolute atomic E-state index is 5.39. The van der Waals surface area contributed by atoms with Gasteiger partial charge in [0.25, 0.3) is 0 Å². The zero-order valence-corrected chi connectivity index (χ0v) is 14.2. The molecule has 0 atom stereocenters. The highest BCUT2D eigenvalue weighted by atomic mass is 16.5. The van der Waals surface area contributed by atoms with Crippen LogP contribution < -0.4 is 0 Å². The summed E-state index contributed by atoms with van der Waals surface area (Å²) in [6.45, 7) is 9.20. The molecule has 2 heterocycles. The quantitative estimate of drug-likeness (QED) is 0.777. The number of aromatic nitrogens is 2. The molecule has 0 saturated carbocycles. The van der Waals surface area contributed by atoms with Gasteiger partial charge in [-0.3, -0.25) is 9.97 Å². The van der Waals surface area contributed by atoms with Gasteiger partial charge in [0.15, 0.2) is 0 Å². The number of hydrogen-bond donors (Lipinski definition) is 0. The van der Waals surface area contributed by atoms with Crippen LogP contribution in [0, 0.1) is 5.92 Å². The third-order valence-electron chi connectivity index (χ3n) is 3.04. The largest absolute Gasteiger partial charge is 0.374 e. The van der Waals surface area contributed by atoms with Gasteiger partial charge in [-0.15, -0.1) is 0 Å². The molecule has 0 unspecified atom stereocenters. The maximum atomic E-state index is 5.39. The zero-order chi connectivity index (χ0) is 16.2. The minimum Gasteiger partial charge on any atom is -0.374 e. The molecule has 120 valence electrons. The molecular weight excluding hydrogens is 272 g/mol. The van der Waals surface area contributed by atoms with Crippen molar-refractivity contribution in [2.75, 3.05) is 0 Å². The van der Waals surface area contributed by atoms with E-state index in [1.807, 2.05) is 50.6 Å². The fourth-order valence-electron chi connectivity index (χ4n) is 1.75. The zero-order valence-electron chi connectivity index (χ0n) is 14.2. The van der Waals surface area contributed by atoms with Crippen molar-refractivity contribution >= 4 is 0 Å². The molecule has 2 rings (SSSR count). The van der Waals surface area contributed by atoms with Crippen molar-refractivity contribution in [3.05, 3.63) is 60.2 Å². The van der Waals surface area contributed by atoms with Crippen LogP contribution >= 0.6 is 0 Å². The van der Waals surface area contributed by atoms with E-state index < -0.39 is 0 Å². The standard InChI is InChI=1S/C10H15N.C9H13NO/c1-9(2)5-6-10-4-3-7-11-8-10;1-8(2)11-7-9-4-3-5-10-6-9/h3-4,7-9H,5-6H2,1-2H3;3-6,8H,7H2,1-2H3. The van der Waals surface area contributed by atoms with Gasteiger partial charge in [-0.25, -0.2) is 0 Å². The van der Waals surface area contributed by atoms with Gasteiger partial charge >= 0.3 is 0 Å². The van der Waals surface area contributed by atoms with Crippen molar-refractivity contribution in [1.82, 2.24) is 9.97 Å². The first-order valence-corrected chi connectivity index (χ1v) is 7.97. The minimum absolute atomic E-state index is 0.287. The molecule has 0 spiro atoms. The van der Waals surface area contributed by atoms with Gasteiger partial charge < -0.3 is 4.74 Å². The van der Waals surface area contributed by atoms with Gasteiger partial charge in [-0.05, 0) is 55.9 Å². The molecule has 2 aromatic rings. The van der Waals surface area contributed by atoms with Gasteiger partial charge in [0.05, 0.1) is 12.7 Å². The van der Waals surface area contributed by atoms with E-state index in [1.165, 1.54) is 12.0 Å². The Morgan fingerprint density at radius 3 is 1.95 bits per heavy atom. The monoisotopic (exact) mass is 300 g/mol. The van der Waals surface area contributed by atoms with Gasteiger partial charge in [0.1, 0.15) is 0 Å². The molecule has 0 aliphatic rings.